The number of nitrogens with two attached hydrogens (primary N) is 1. The maximum absolute atomic E-state index is 13.9. The van der Waals surface area contributed by atoms with Crippen molar-refractivity contribution in [2.24, 2.45) is 5.73 Å². The van der Waals surface area contributed by atoms with Crippen LogP contribution in [0.25, 0.3) is 20.5 Å². The van der Waals surface area contributed by atoms with Gasteiger partial charge >= 0.3 is 0 Å². The number of carbonyl (C=O) groups is 3. The van der Waals surface area contributed by atoms with E-state index < -0.39 is 11.6 Å². The van der Waals surface area contributed by atoms with Crippen molar-refractivity contribution < 1.29 is 14.4 Å². The first-order valence-corrected chi connectivity index (χ1v) is 15.7. The summed E-state index contributed by atoms with van der Waals surface area (Å²) in [6, 6.07) is 21.1. The van der Waals surface area contributed by atoms with Crippen molar-refractivity contribution >= 4 is 60.8 Å². The molecule has 218 valence electrons. The second-order valence-corrected chi connectivity index (χ2v) is 13.2. The van der Waals surface area contributed by atoms with Gasteiger partial charge in [0.15, 0.2) is 0 Å². The fourth-order valence-corrected chi connectivity index (χ4v) is 7.41. The highest BCUT2D eigenvalue weighted by Gasteiger charge is 2.32. The third-order valence-corrected chi connectivity index (χ3v) is 9.58. The number of carbonyl (C=O) groups excluding carboxylic acids is 3. The fraction of sp³-hybridized carbons (Fsp3) is 0.303. The van der Waals surface area contributed by atoms with E-state index in [1.54, 1.807) is 30.1 Å². The number of halogens is 1. The number of amides is 3. The molecule has 3 amide bonds. The van der Waals surface area contributed by atoms with Gasteiger partial charge in [0.25, 0.3) is 5.91 Å². The van der Waals surface area contributed by atoms with Gasteiger partial charge in [0, 0.05) is 49.9 Å². The first-order valence-electron chi connectivity index (χ1n) is 14.1. The van der Waals surface area contributed by atoms with Gasteiger partial charge in [-0.2, -0.15) is 0 Å². The molecule has 0 fully saturated rings. The minimum Gasteiger partial charge on any atom is -0.352 e. The molecule has 0 saturated carbocycles. The van der Waals surface area contributed by atoms with Gasteiger partial charge in [0.2, 0.25) is 11.8 Å². The van der Waals surface area contributed by atoms with E-state index in [0.29, 0.717) is 31.5 Å². The van der Waals surface area contributed by atoms with Gasteiger partial charge in [-0.1, -0.05) is 42.5 Å². The topological polar surface area (TPSA) is 105 Å². The van der Waals surface area contributed by atoms with Crippen LogP contribution in [0, 0.1) is 0 Å². The number of hydrogen-bond acceptors (Lipinski definition) is 5. The molecule has 0 spiro atoms. The number of nitrogens with one attached hydrogen (secondary N) is 2. The van der Waals surface area contributed by atoms with E-state index in [1.165, 1.54) is 0 Å². The summed E-state index contributed by atoms with van der Waals surface area (Å²) in [6.07, 6.45) is 1.34. The Balaban J connectivity index is 1.48. The number of rotatable bonds is 8. The lowest BCUT2D eigenvalue weighted by molar-refractivity contribution is -0.128. The Kier molecular flexibility index (Phi) is 8.82. The van der Waals surface area contributed by atoms with Gasteiger partial charge < -0.3 is 21.3 Å². The first kappa shape index (κ1) is 29.9. The van der Waals surface area contributed by atoms with Gasteiger partial charge in [-0.25, -0.2) is 0 Å². The maximum atomic E-state index is 13.9. The Morgan fingerprint density at radius 2 is 1.83 bits per heavy atom. The molecule has 4 aromatic rings. The van der Waals surface area contributed by atoms with E-state index in [4.69, 9.17) is 5.73 Å². The van der Waals surface area contributed by atoms with Crippen molar-refractivity contribution in [3.8, 4) is 10.4 Å². The van der Waals surface area contributed by atoms with Crippen LogP contribution in [-0.2, 0) is 22.6 Å². The maximum Gasteiger partial charge on any atom is 0.251 e. The third kappa shape index (κ3) is 6.43. The summed E-state index contributed by atoms with van der Waals surface area (Å²) >= 11 is 5.44. The van der Waals surface area contributed by atoms with Crippen molar-refractivity contribution in [2.45, 2.75) is 58.2 Å². The summed E-state index contributed by atoms with van der Waals surface area (Å²) < 4.78 is 1.99. The molecule has 0 saturated heterocycles. The standard InChI is InChI=1S/C33H35BrN4O3S/c1-4-36-31(40)23-11-7-6-10-22(23)30-29(34)24-17-20(13-16-27(24)42-30)19-38-26-12-8-5-9-21(26)14-15-25(32(38)41)37-28(39)18-33(2,3)35/h5-13,16-17,25H,4,14-15,18-19,35H2,1-3H3,(H,36,40)(H,37,39). The van der Waals surface area contributed by atoms with Crippen LogP contribution in [0.15, 0.2) is 71.2 Å². The number of hydrogen-bond donors (Lipinski definition) is 3. The van der Waals surface area contributed by atoms with Gasteiger partial charge in [-0.15, -0.1) is 11.3 Å². The van der Waals surface area contributed by atoms with Crippen molar-refractivity contribution in [3.05, 3.63) is 87.9 Å². The Bertz CT molecular complexity index is 1660. The lowest BCUT2D eigenvalue weighted by Crippen LogP contribution is -2.49. The zero-order valence-corrected chi connectivity index (χ0v) is 26.4. The van der Waals surface area contributed by atoms with Crippen LogP contribution in [0.4, 0.5) is 5.69 Å². The summed E-state index contributed by atoms with van der Waals surface area (Å²) in [6.45, 7) is 6.41. The number of nitrogens with zero attached hydrogens (tertiary/aromatic N) is 1. The van der Waals surface area contributed by atoms with Crippen LogP contribution in [0.2, 0.25) is 0 Å². The number of thiophene rings is 1. The molecule has 3 aromatic carbocycles. The van der Waals surface area contributed by atoms with Crippen LogP contribution in [0.1, 0.15) is 55.1 Å². The average Bonchev–Trinajstić information content (AvgIpc) is 3.22. The van der Waals surface area contributed by atoms with E-state index in [-0.39, 0.29) is 24.1 Å². The van der Waals surface area contributed by atoms with Gasteiger partial charge in [0.1, 0.15) is 6.04 Å². The molecule has 0 aliphatic carbocycles. The van der Waals surface area contributed by atoms with E-state index in [9.17, 15) is 14.4 Å². The number of benzene rings is 3. The van der Waals surface area contributed by atoms with Crippen LogP contribution < -0.4 is 21.3 Å². The SMILES string of the molecule is CCNC(=O)c1ccccc1-c1sc2ccc(CN3C(=O)C(NC(=O)CC(C)(C)N)CCc4ccccc43)cc2c1Br. The number of aryl methyl sites for hydroxylation is 1. The molecule has 1 aliphatic heterocycles. The highest BCUT2D eigenvalue weighted by Crippen LogP contribution is 2.44. The van der Waals surface area contributed by atoms with E-state index in [2.05, 4.69) is 38.7 Å². The Labute approximate surface area is 258 Å². The summed E-state index contributed by atoms with van der Waals surface area (Å²) in [5.74, 6) is -0.465. The molecule has 7 nitrogen and oxygen atoms in total. The molecule has 5 rings (SSSR count). The van der Waals surface area contributed by atoms with Crippen LogP contribution in [0.5, 0.6) is 0 Å². The molecule has 1 aliphatic rings. The van der Waals surface area contributed by atoms with Crippen LogP contribution in [-0.4, -0.2) is 35.8 Å². The fourth-order valence-electron chi connectivity index (χ4n) is 5.38. The second kappa shape index (κ2) is 12.4. The minimum atomic E-state index is -0.664. The zero-order valence-electron chi connectivity index (χ0n) is 24.0. The van der Waals surface area contributed by atoms with Crippen LogP contribution >= 0.6 is 27.3 Å². The van der Waals surface area contributed by atoms with Gasteiger partial charge in [-0.05, 0) is 84.9 Å². The monoisotopic (exact) mass is 646 g/mol. The Morgan fingerprint density at radius 3 is 2.60 bits per heavy atom. The second-order valence-electron chi connectivity index (χ2n) is 11.4. The lowest BCUT2D eigenvalue weighted by Gasteiger charge is -2.27. The molecule has 1 unspecified atom stereocenters. The summed E-state index contributed by atoms with van der Waals surface area (Å²) in [5.41, 5.74) is 9.79. The van der Waals surface area contributed by atoms with Crippen molar-refractivity contribution in [2.75, 3.05) is 11.4 Å². The highest BCUT2D eigenvalue weighted by molar-refractivity contribution is 9.10. The van der Waals surface area contributed by atoms with Crippen molar-refractivity contribution in [3.63, 3.8) is 0 Å². The Morgan fingerprint density at radius 1 is 1.10 bits per heavy atom. The predicted molar refractivity (Wildman–Crippen MR) is 174 cm³/mol. The number of para-hydroxylation sites is 1. The molecular formula is C33H35BrN4O3S. The summed E-state index contributed by atoms with van der Waals surface area (Å²) in [4.78, 5) is 42.2. The third-order valence-electron chi connectivity index (χ3n) is 7.29. The molecule has 9 heteroatoms. The van der Waals surface area contributed by atoms with E-state index in [1.807, 2.05) is 61.5 Å². The Hall–Kier alpha value is -3.53. The molecule has 1 atom stereocenters. The normalized spacial score (nSPS) is 15.3. The molecular weight excluding hydrogens is 612 g/mol. The molecule has 0 bridgehead atoms. The van der Waals surface area contributed by atoms with Gasteiger partial charge in [0.05, 0.1) is 11.4 Å². The van der Waals surface area contributed by atoms with Crippen LogP contribution in [0.3, 0.4) is 0 Å². The molecule has 2 heterocycles. The highest BCUT2D eigenvalue weighted by atomic mass is 79.9. The molecule has 0 radical (unpaired) electrons. The number of fused-ring (bicyclic) bond motifs is 2. The van der Waals surface area contributed by atoms with E-state index in [0.717, 1.165) is 41.8 Å². The first-order chi connectivity index (χ1) is 20.1. The summed E-state index contributed by atoms with van der Waals surface area (Å²) in [7, 11) is 0. The number of anilines is 1. The van der Waals surface area contributed by atoms with Gasteiger partial charge in [-0.3, -0.25) is 14.4 Å². The lowest BCUT2D eigenvalue weighted by atomic mass is 10.0. The van der Waals surface area contributed by atoms with Crippen molar-refractivity contribution in [1.29, 1.82) is 0 Å². The largest absolute Gasteiger partial charge is 0.352 e. The molecule has 42 heavy (non-hydrogen) atoms. The zero-order chi connectivity index (χ0) is 30.0. The predicted octanol–water partition coefficient (Wildman–Crippen LogP) is 6.17. The minimum absolute atomic E-state index is 0.104. The molecule has 4 N–H and O–H groups in total. The quantitative estimate of drug-likeness (QED) is 0.213. The van der Waals surface area contributed by atoms with Crippen molar-refractivity contribution in [1.82, 2.24) is 10.6 Å². The summed E-state index contributed by atoms with van der Waals surface area (Å²) in [5, 5.41) is 6.87. The molecule has 1 aromatic heterocycles. The average molecular weight is 648 g/mol. The van der Waals surface area contributed by atoms with E-state index >= 15 is 0 Å². The smallest absolute Gasteiger partial charge is 0.251 e.